The molecular formula is C19H18F3N5O. The number of hydrogen-bond donors (Lipinski definition) is 2. The highest BCUT2D eigenvalue weighted by molar-refractivity contribution is 5.61. The number of anilines is 3. The maximum atomic E-state index is 13.1. The molecule has 0 spiro atoms. The quantitative estimate of drug-likeness (QED) is 0.628. The van der Waals surface area contributed by atoms with E-state index in [2.05, 4.69) is 25.8 Å². The maximum absolute atomic E-state index is 13.1. The summed E-state index contributed by atoms with van der Waals surface area (Å²) >= 11 is 0. The Bertz CT molecular complexity index is 933. The maximum Gasteiger partial charge on any atom is 0.418 e. The third kappa shape index (κ3) is 5.09. The number of para-hydroxylation sites is 1. The average molecular weight is 389 g/mol. The minimum Gasteiger partial charge on any atom is -0.497 e. The Morgan fingerprint density at radius 1 is 1.07 bits per heavy atom. The van der Waals surface area contributed by atoms with Crippen molar-refractivity contribution in [2.75, 3.05) is 24.3 Å². The molecule has 0 amide bonds. The van der Waals surface area contributed by atoms with E-state index in [1.54, 1.807) is 7.11 Å². The number of hydrogen-bond acceptors (Lipinski definition) is 6. The molecule has 2 N–H and O–H groups in total. The lowest BCUT2D eigenvalue weighted by Gasteiger charge is -2.14. The number of rotatable bonds is 7. The van der Waals surface area contributed by atoms with Crippen molar-refractivity contribution in [3.05, 3.63) is 65.9 Å². The summed E-state index contributed by atoms with van der Waals surface area (Å²) in [6.07, 6.45) is -2.52. The molecule has 0 aliphatic rings. The third-order valence-electron chi connectivity index (χ3n) is 3.88. The van der Waals surface area contributed by atoms with E-state index in [0.717, 1.165) is 17.4 Å². The third-order valence-corrected chi connectivity index (χ3v) is 3.88. The summed E-state index contributed by atoms with van der Waals surface area (Å²) in [5, 5.41) is 13.3. The molecule has 0 radical (unpaired) electrons. The fraction of sp³-hybridized carbons (Fsp3) is 0.211. The van der Waals surface area contributed by atoms with Crippen LogP contribution in [-0.4, -0.2) is 28.8 Å². The number of nitrogens with one attached hydrogen (secondary N) is 2. The van der Waals surface area contributed by atoms with Gasteiger partial charge in [-0.25, -0.2) is 0 Å². The Morgan fingerprint density at radius 2 is 1.89 bits per heavy atom. The molecule has 0 saturated heterocycles. The van der Waals surface area contributed by atoms with Crippen LogP contribution >= 0.6 is 0 Å². The van der Waals surface area contributed by atoms with E-state index in [1.165, 1.54) is 24.4 Å². The number of nitrogens with zero attached hydrogens (tertiary/aromatic N) is 3. The molecule has 0 atom stereocenters. The Hall–Kier alpha value is -3.36. The van der Waals surface area contributed by atoms with Crippen molar-refractivity contribution >= 4 is 17.5 Å². The van der Waals surface area contributed by atoms with Gasteiger partial charge >= 0.3 is 6.18 Å². The van der Waals surface area contributed by atoms with E-state index in [0.29, 0.717) is 13.0 Å². The van der Waals surface area contributed by atoms with Gasteiger partial charge in [-0.3, -0.25) is 0 Å². The average Bonchev–Trinajstić information content (AvgIpc) is 2.68. The van der Waals surface area contributed by atoms with Gasteiger partial charge in [-0.2, -0.15) is 23.3 Å². The summed E-state index contributed by atoms with van der Waals surface area (Å²) in [5.74, 6) is 1.15. The second kappa shape index (κ2) is 8.55. The molecule has 0 unspecified atom stereocenters. The number of benzene rings is 2. The summed E-state index contributed by atoms with van der Waals surface area (Å²) in [7, 11) is 1.60. The highest BCUT2D eigenvalue weighted by Gasteiger charge is 2.33. The number of halogens is 3. The second-order valence-electron chi connectivity index (χ2n) is 5.86. The summed E-state index contributed by atoms with van der Waals surface area (Å²) in [5.41, 5.74) is 0.187. The standard InChI is InChI=1S/C19H18F3N5O/c1-28-14-6-4-5-13(11-14)9-10-23-18-26-17(12-24-27-18)25-16-8-3-2-7-15(16)19(20,21)22/h2-8,11-12H,9-10H2,1H3,(H2,23,25,26,27). The highest BCUT2D eigenvalue weighted by Crippen LogP contribution is 2.35. The summed E-state index contributed by atoms with van der Waals surface area (Å²) in [6.45, 7) is 0.525. The molecule has 1 heterocycles. The first kappa shape index (κ1) is 19.4. The topological polar surface area (TPSA) is 72.0 Å². The summed E-state index contributed by atoms with van der Waals surface area (Å²) < 4.78 is 44.5. The van der Waals surface area contributed by atoms with Gasteiger partial charge in [-0.05, 0) is 36.2 Å². The number of aromatic nitrogens is 3. The van der Waals surface area contributed by atoms with Crippen LogP contribution in [0.15, 0.2) is 54.7 Å². The van der Waals surface area contributed by atoms with Gasteiger partial charge in [0.15, 0.2) is 5.82 Å². The van der Waals surface area contributed by atoms with E-state index in [1.807, 2.05) is 24.3 Å². The number of methoxy groups -OCH3 is 1. The zero-order valence-electron chi connectivity index (χ0n) is 15.0. The molecular weight excluding hydrogens is 371 g/mol. The summed E-state index contributed by atoms with van der Waals surface area (Å²) in [4.78, 5) is 4.17. The van der Waals surface area contributed by atoms with Crippen LogP contribution in [0.3, 0.4) is 0 Å². The van der Waals surface area contributed by atoms with Crippen molar-refractivity contribution in [3.63, 3.8) is 0 Å². The Balaban J connectivity index is 1.65. The van der Waals surface area contributed by atoms with Gasteiger partial charge < -0.3 is 15.4 Å². The zero-order chi connectivity index (χ0) is 20.0. The largest absolute Gasteiger partial charge is 0.497 e. The molecule has 2 aromatic carbocycles. The fourth-order valence-corrected chi connectivity index (χ4v) is 2.56. The molecule has 0 bridgehead atoms. The van der Waals surface area contributed by atoms with Crippen LogP contribution in [0.25, 0.3) is 0 Å². The predicted octanol–water partition coefficient (Wildman–Crippen LogP) is 4.30. The molecule has 3 aromatic rings. The molecule has 1 aromatic heterocycles. The molecule has 0 fully saturated rings. The SMILES string of the molecule is COc1cccc(CCNc2nncc(Nc3ccccc3C(F)(F)F)n2)c1. The zero-order valence-corrected chi connectivity index (χ0v) is 15.0. The highest BCUT2D eigenvalue weighted by atomic mass is 19.4. The molecule has 0 aliphatic heterocycles. The van der Waals surface area contributed by atoms with Gasteiger partial charge in [0.2, 0.25) is 5.95 Å². The Labute approximate surface area is 159 Å². The van der Waals surface area contributed by atoms with Crippen molar-refractivity contribution < 1.29 is 17.9 Å². The lowest BCUT2D eigenvalue weighted by molar-refractivity contribution is -0.136. The summed E-state index contributed by atoms with van der Waals surface area (Å²) in [6, 6.07) is 12.8. The van der Waals surface area contributed by atoms with E-state index in [-0.39, 0.29) is 17.5 Å². The molecule has 146 valence electrons. The van der Waals surface area contributed by atoms with Gasteiger partial charge in [0.05, 0.1) is 24.6 Å². The van der Waals surface area contributed by atoms with E-state index in [4.69, 9.17) is 4.74 Å². The lowest BCUT2D eigenvalue weighted by Crippen LogP contribution is -2.11. The molecule has 0 saturated carbocycles. The van der Waals surface area contributed by atoms with Crippen LogP contribution in [0, 0.1) is 0 Å². The van der Waals surface area contributed by atoms with E-state index >= 15 is 0 Å². The van der Waals surface area contributed by atoms with Gasteiger partial charge in [0, 0.05) is 6.54 Å². The van der Waals surface area contributed by atoms with Crippen molar-refractivity contribution in [2.45, 2.75) is 12.6 Å². The van der Waals surface area contributed by atoms with Gasteiger partial charge in [0.1, 0.15) is 5.75 Å². The van der Waals surface area contributed by atoms with Gasteiger partial charge in [0.25, 0.3) is 0 Å². The van der Waals surface area contributed by atoms with E-state index in [9.17, 15) is 13.2 Å². The first-order valence-corrected chi connectivity index (χ1v) is 8.45. The molecule has 28 heavy (non-hydrogen) atoms. The first-order chi connectivity index (χ1) is 13.5. The minimum atomic E-state index is -4.47. The first-order valence-electron chi connectivity index (χ1n) is 8.45. The normalized spacial score (nSPS) is 11.1. The number of ether oxygens (including phenoxy) is 1. The second-order valence-corrected chi connectivity index (χ2v) is 5.86. The predicted molar refractivity (Wildman–Crippen MR) is 99.7 cm³/mol. The van der Waals surface area contributed by atoms with Crippen molar-refractivity contribution in [3.8, 4) is 5.75 Å². The lowest BCUT2D eigenvalue weighted by atomic mass is 10.1. The van der Waals surface area contributed by atoms with Gasteiger partial charge in [-0.1, -0.05) is 24.3 Å². The number of alkyl halides is 3. The van der Waals surface area contributed by atoms with Crippen LogP contribution in [0.2, 0.25) is 0 Å². The smallest absolute Gasteiger partial charge is 0.418 e. The monoisotopic (exact) mass is 389 g/mol. The molecule has 9 heteroatoms. The van der Waals surface area contributed by atoms with Crippen molar-refractivity contribution in [1.29, 1.82) is 0 Å². The molecule has 6 nitrogen and oxygen atoms in total. The fourth-order valence-electron chi connectivity index (χ4n) is 2.56. The minimum absolute atomic E-state index is 0.0992. The van der Waals surface area contributed by atoms with Crippen molar-refractivity contribution in [1.82, 2.24) is 15.2 Å². The Kier molecular flexibility index (Phi) is 5.93. The van der Waals surface area contributed by atoms with Crippen LogP contribution < -0.4 is 15.4 Å². The van der Waals surface area contributed by atoms with Gasteiger partial charge in [-0.15, -0.1) is 5.10 Å². The van der Waals surface area contributed by atoms with E-state index < -0.39 is 11.7 Å². The van der Waals surface area contributed by atoms with Crippen LogP contribution in [0.1, 0.15) is 11.1 Å². The van der Waals surface area contributed by atoms with Crippen LogP contribution in [0.5, 0.6) is 5.75 Å². The molecule has 3 rings (SSSR count). The van der Waals surface area contributed by atoms with Crippen LogP contribution in [-0.2, 0) is 12.6 Å². The molecule has 0 aliphatic carbocycles. The Morgan fingerprint density at radius 3 is 2.68 bits per heavy atom. The van der Waals surface area contributed by atoms with Crippen molar-refractivity contribution in [2.24, 2.45) is 0 Å². The van der Waals surface area contributed by atoms with Crippen LogP contribution in [0.4, 0.5) is 30.6 Å².